The lowest BCUT2D eigenvalue weighted by molar-refractivity contribution is -0.150. The van der Waals surface area contributed by atoms with Crippen LogP contribution in [0.5, 0.6) is 5.75 Å². The van der Waals surface area contributed by atoms with Crippen molar-refractivity contribution in [2.24, 2.45) is 11.8 Å². The number of ketones is 1. The zero-order valence-electron chi connectivity index (χ0n) is 15.5. The van der Waals surface area contributed by atoms with Crippen LogP contribution in [-0.2, 0) is 16.1 Å². The summed E-state index contributed by atoms with van der Waals surface area (Å²) in [5, 5.41) is 0. The zero-order chi connectivity index (χ0) is 19.1. The fourth-order valence-electron chi connectivity index (χ4n) is 3.30. The lowest BCUT2D eigenvalue weighted by atomic mass is 9.83. The van der Waals surface area contributed by atoms with E-state index in [4.69, 9.17) is 9.47 Å². The maximum atomic E-state index is 12.5. The third-order valence-corrected chi connectivity index (χ3v) is 4.83. The lowest BCUT2D eigenvalue weighted by Gasteiger charge is -2.23. The minimum Gasteiger partial charge on any atom is -0.497 e. The van der Waals surface area contributed by atoms with Crippen molar-refractivity contribution in [2.75, 3.05) is 7.11 Å². The first-order valence-corrected chi connectivity index (χ1v) is 9.20. The summed E-state index contributed by atoms with van der Waals surface area (Å²) in [6.45, 7) is 0.287. The zero-order valence-corrected chi connectivity index (χ0v) is 15.5. The van der Waals surface area contributed by atoms with Crippen LogP contribution < -0.4 is 4.74 Å². The smallest absolute Gasteiger partial charge is 0.309 e. The molecule has 140 valence electrons. The molecule has 0 aliphatic heterocycles. The molecule has 0 fully saturated rings. The van der Waals surface area contributed by atoms with Crippen LogP contribution in [0.1, 0.15) is 35.2 Å². The summed E-state index contributed by atoms with van der Waals surface area (Å²) in [4.78, 5) is 24.9. The van der Waals surface area contributed by atoms with Crippen molar-refractivity contribution >= 4 is 11.8 Å². The minimum absolute atomic E-state index is 0.0580. The third-order valence-electron chi connectivity index (χ3n) is 4.83. The number of carbonyl (C=O) groups excluding carboxylic acids is 2. The van der Waals surface area contributed by atoms with Gasteiger partial charge in [-0.3, -0.25) is 9.59 Å². The summed E-state index contributed by atoms with van der Waals surface area (Å²) in [7, 11) is 1.60. The first kappa shape index (κ1) is 18.9. The van der Waals surface area contributed by atoms with E-state index in [0.29, 0.717) is 24.8 Å². The molecular weight excluding hydrogens is 340 g/mol. The Labute approximate surface area is 159 Å². The molecule has 0 aromatic heterocycles. The standard InChI is InChI=1S/C23H24O4/c1-26-21-12-10-19(11-13-21)22(24)15-18-8-5-9-20(14-18)23(25)27-16-17-6-3-2-4-7-17/h2-8,10-13,18,20H,9,14-16H2,1H3/t18?,20-/m1/s1. The second-order valence-corrected chi connectivity index (χ2v) is 6.81. The second-order valence-electron chi connectivity index (χ2n) is 6.81. The molecule has 1 aliphatic carbocycles. The van der Waals surface area contributed by atoms with Gasteiger partial charge in [0.2, 0.25) is 0 Å². The van der Waals surface area contributed by atoms with E-state index in [0.717, 1.165) is 11.3 Å². The predicted molar refractivity (Wildman–Crippen MR) is 104 cm³/mol. The van der Waals surface area contributed by atoms with Gasteiger partial charge in [-0.05, 0) is 48.6 Å². The Morgan fingerprint density at radius 3 is 2.48 bits per heavy atom. The molecule has 2 aromatic rings. The average molecular weight is 364 g/mol. The van der Waals surface area contributed by atoms with Gasteiger partial charge in [-0.2, -0.15) is 0 Å². The molecule has 4 nitrogen and oxygen atoms in total. The Balaban J connectivity index is 1.52. The van der Waals surface area contributed by atoms with Gasteiger partial charge < -0.3 is 9.47 Å². The van der Waals surface area contributed by atoms with Crippen molar-refractivity contribution in [1.29, 1.82) is 0 Å². The normalized spacial score (nSPS) is 18.7. The van der Waals surface area contributed by atoms with E-state index < -0.39 is 0 Å². The molecule has 0 N–H and O–H groups in total. The molecule has 2 atom stereocenters. The fourth-order valence-corrected chi connectivity index (χ4v) is 3.30. The number of benzene rings is 2. The van der Waals surface area contributed by atoms with Gasteiger partial charge in [0, 0.05) is 12.0 Å². The highest BCUT2D eigenvalue weighted by Gasteiger charge is 2.27. The number of ether oxygens (including phenoxy) is 2. The summed E-state index contributed by atoms with van der Waals surface area (Å²) in [6, 6.07) is 16.8. The second kappa shape index (κ2) is 9.17. The SMILES string of the molecule is COc1ccc(C(=O)CC2C=CC[C@@H](C(=O)OCc3ccccc3)C2)cc1. The van der Waals surface area contributed by atoms with Crippen molar-refractivity contribution in [3.05, 3.63) is 77.9 Å². The van der Waals surface area contributed by atoms with Crippen LogP contribution in [0.25, 0.3) is 0 Å². The molecule has 1 aliphatic rings. The summed E-state index contributed by atoms with van der Waals surface area (Å²) in [5.74, 6) is 0.482. The Morgan fingerprint density at radius 1 is 1.04 bits per heavy atom. The number of rotatable bonds is 7. The average Bonchev–Trinajstić information content (AvgIpc) is 2.73. The van der Waals surface area contributed by atoms with Crippen molar-refractivity contribution in [1.82, 2.24) is 0 Å². The van der Waals surface area contributed by atoms with Crippen molar-refractivity contribution < 1.29 is 19.1 Å². The van der Waals surface area contributed by atoms with E-state index >= 15 is 0 Å². The van der Waals surface area contributed by atoms with E-state index in [1.807, 2.05) is 42.5 Å². The summed E-state index contributed by atoms with van der Waals surface area (Å²) in [6.07, 6.45) is 5.74. The number of hydrogen-bond acceptors (Lipinski definition) is 4. The highest BCUT2D eigenvalue weighted by Crippen LogP contribution is 2.28. The van der Waals surface area contributed by atoms with Gasteiger partial charge in [0.05, 0.1) is 13.0 Å². The van der Waals surface area contributed by atoms with E-state index in [9.17, 15) is 9.59 Å². The van der Waals surface area contributed by atoms with Gasteiger partial charge in [-0.25, -0.2) is 0 Å². The Bertz CT molecular complexity index is 793. The number of hydrogen-bond donors (Lipinski definition) is 0. The predicted octanol–water partition coefficient (Wildman–Crippen LogP) is 4.59. The first-order valence-electron chi connectivity index (χ1n) is 9.20. The molecule has 3 rings (SSSR count). The monoisotopic (exact) mass is 364 g/mol. The molecule has 0 saturated heterocycles. The van der Waals surface area contributed by atoms with E-state index in [-0.39, 0.29) is 30.2 Å². The number of allylic oxidation sites excluding steroid dienone is 2. The molecule has 2 aromatic carbocycles. The van der Waals surface area contributed by atoms with Gasteiger partial charge in [0.1, 0.15) is 12.4 Å². The maximum absolute atomic E-state index is 12.5. The van der Waals surface area contributed by atoms with Crippen LogP contribution in [0.2, 0.25) is 0 Å². The van der Waals surface area contributed by atoms with Gasteiger partial charge >= 0.3 is 5.97 Å². The van der Waals surface area contributed by atoms with Gasteiger partial charge in [-0.1, -0.05) is 42.5 Å². The molecule has 0 bridgehead atoms. The first-order chi connectivity index (χ1) is 13.2. The van der Waals surface area contributed by atoms with Crippen LogP contribution in [0.3, 0.4) is 0 Å². The molecule has 0 radical (unpaired) electrons. The van der Waals surface area contributed by atoms with E-state index in [1.54, 1.807) is 31.4 Å². The molecule has 0 spiro atoms. The number of esters is 1. The number of carbonyl (C=O) groups is 2. The highest BCUT2D eigenvalue weighted by molar-refractivity contribution is 5.96. The summed E-state index contributed by atoms with van der Waals surface area (Å²) < 4.78 is 10.6. The van der Waals surface area contributed by atoms with Crippen molar-refractivity contribution in [3.8, 4) is 5.75 Å². The summed E-state index contributed by atoms with van der Waals surface area (Å²) in [5.41, 5.74) is 1.64. The molecule has 1 unspecified atom stereocenters. The summed E-state index contributed by atoms with van der Waals surface area (Å²) >= 11 is 0. The molecule has 0 amide bonds. The fraction of sp³-hybridized carbons (Fsp3) is 0.304. The number of Topliss-reactive ketones (excluding diaryl/α,β-unsaturated/α-hetero) is 1. The lowest BCUT2D eigenvalue weighted by Crippen LogP contribution is -2.23. The van der Waals surface area contributed by atoms with Crippen LogP contribution in [-0.4, -0.2) is 18.9 Å². The Hall–Kier alpha value is -2.88. The quantitative estimate of drug-likeness (QED) is 0.409. The minimum atomic E-state index is -0.190. The Kier molecular flexibility index (Phi) is 6.42. The third kappa shape index (κ3) is 5.30. The van der Waals surface area contributed by atoms with E-state index in [2.05, 4.69) is 0 Å². The van der Waals surface area contributed by atoms with Crippen molar-refractivity contribution in [3.63, 3.8) is 0 Å². The largest absolute Gasteiger partial charge is 0.497 e. The highest BCUT2D eigenvalue weighted by atomic mass is 16.5. The molecule has 0 saturated carbocycles. The van der Waals surface area contributed by atoms with Crippen LogP contribution in [0, 0.1) is 11.8 Å². The van der Waals surface area contributed by atoms with Gasteiger partial charge in [0.15, 0.2) is 5.78 Å². The van der Waals surface area contributed by atoms with Gasteiger partial charge in [-0.15, -0.1) is 0 Å². The molecule has 0 heterocycles. The number of methoxy groups -OCH3 is 1. The molecule has 27 heavy (non-hydrogen) atoms. The molecular formula is C23H24O4. The Morgan fingerprint density at radius 2 is 1.78 bits per heavy atom. The molecule has 4 heteroatoms. The van der Waals surface area contributed by atoms with Crippen LogP contribution in [0.4, 0.5) is 0 Å². The van der Waals surface area contributed by atoms with Crippen LogP contribution in [0.15, 0.2) is 66.7 Å². The van der Waals surface area contributed by atoms with Gasteiger partial charge in [0.25, 0.3) is 0 Å². The van der Waals surface area contributed by atoms with E-state index in [1.165, 1.54) is 0 Å². The topological polar surface area (TPSA) is 52.6 Å². The maximum Gasteiger partial charge on any atom is 0.309 e. The van der Waals surface area contributed by atoms with Crippen LogP contribution >= 0.6 is 0 Å². The van der Waals surface area contributed by atoms with Crippen molar-refractivity contribution in [2.45, 2.75) is 25.9 Å².